The number of carbonyl (C=O) groups excluding carboxylic acids is 1. The first-order valence-electron chi connectivity index (χ1n) is 13.1. The maximum absolute atomic E-state index is 13.7. The van der Waals surface area contributed by atoms with Crippen molar-refractivity contribution >= 4 is 28.0 Å². The number of carbonyl (C=O) groups is 1. The Bertz CT molecular complexity index is 1540. The van der Waals surface area contributed by atoms with Gasteiger partial charge in [-0.25, -0.2) is 9.97 Å². The Balaban J connectivity index is 1.31. The Labute approximate surface area is 215 Å². The van der Waals surface area contributed by atoms with Gasteiger partial charge in [0.1, 0.15) is 16.9 Å². The van der Waals surface area contributed by atoms with Crippen molar-refractivity contribution < 1.29 is 14.3 Å². The number of aryl methyl sites for hydroxylation is 1. The van der Waals surface area contributed by atoms with Gasteiger partial charge in [0.15, 0.2) is 5.82 Å². The lowest BCUT2D eigenvalue weighted by Gasteiger charge is -2.25. The number of nitrogens with zero attached hydrogens (tertiary/aromatic N) is 5. The van der Waals surface area contributed by atoms with Gasteiger partial charge in [-0.2, -0.15) is 0 Å². The zero-order valence-electron chi connectivity index (χ0n) is 21.3. The molecule has 3 aromatic heterocycles. The third-order valence-corrected chi connectivity index (χ3v) is 8.64. The fourth-order valence-electron chi connectivity index (χ4n) is 6.29. The van der Waals surface area contributed by atoms with Crippen LogP contribution in [0.1, 0.15) is 23.2 Å². The highest BCUT2D eigenvalue weighted by Gasteiger charge is 2.51. The lowest BCUT2D eigenvalue weighted by molar-refractivity contribution is 0.0723. The highest BCUT2D eigenvalue weighted by atomic mass is 16.5. The van der Waals surface area contributed by atoms with Crippen LogP contribution in [0.2, 0.25) is 0 Å². The molecule has 0 unspecified atom stereocenters. The number of likely N-dealkylation sites (tertiary alicyclic amines) is 1. The van der Waals surface area contributed by atoms with Crippen molar-refractivity contribution in [1.29, 1.82) is 0 Å². The number of methoxy groups -OCH3 is 1. The van der Waals surface area contributed by atoms with Crippen LogP contribution in [-0.4, -0.2) is 69.9 Å². The Morgan fingerprint density at radius 3 is 2.92 bits per heavy atom. The molecule has 1 amide bonds. The van der Waals surface area contributed by atoms with Gasteiger partial charge in [0.2, 0.25) is 0 Å². The molecule has 2 N–H and O–H groups in total. The molecule has 7 rings (SSSR count). The van der Waals surface area contributed by atoms with E-state index in [9.17, 15) is 4.79 Å². The topological polar surface area (TPSA) is 100 Å². The predicted octanol–water partition coefficient (Wildman–Crippen LogP) is 3.06. The fraction of sp³-hybridized carbons (Fsp3) is 0.464. The van der Waals surface area contributed by atoms with Crippen LogP contribution < -0.4 is 10.5 Å². The van der Waals surface area contributed by atoms with Crippen LogP contribution in [-0.2, 0) is 18.3 Å². The zero-order chi connectivity index (χ0) is 25.3. The smallest absolute Gasteiger partial charge is 0.254 e. The molecular weight excluding hydrogens is 468 g/mol. The minimum Gasteiger partial charge on any atom is -0.494 e. The van der Waals surface area contributed by atoms with Crippen molar-refractivity contribution in [2.24, 2.45) is 30.0 Å². The van der Waals surface area contributed by atoms with E-state index in [2.05, 4.69) is 26.3 Å². The standard InChI is InChI=1S/C28H32N6O3/c1-32-24-21(31-26(32)22-9-18-4-3-7-30-25(18)34(22)11-17-5-6-17)8-19(10-23(24)36-2)27(35)33-12-20-13-37-16-28(20,14-29)15-33/h3-4,7-10,17,20H,5-6,11-16,29H2,1-2H3/t20-,28+/m0/s1. The van der Waals surface area contributed by atoms with Crippen molar-refractivity contribution in [2.75, 3.05) is 40.0 Å². The summed E-state index contributed by atoms with van der Waals surface area (Å²) in [7, 11) is 3.65. The van der Waals surface area contributed by atoms with Gasteiger partial charge in [0, 0.05) is 61.7 Å². The molecule has 2 atom stereocenters. The molecule has 2 aliphatic heterocycles. The number of amides is 1. The monoisotopic (exact) mass is 500 g/mol. The first-order chi connectivity index (χ1) is 18.0. The number of hydrogen-bond acceptors (Lipinski definition) is 6. The summed E-state index contributed by atoms with van der Waals surface area (Å²) in [5.41, 5.74) is 10.2. The molecule has 3 aliphatic rings. The van der Waals surface area contributed by atoms with Gasteiger partial charge < -0.3 is 29.2 Å². The number of benzene rings is 1. The van der Waals surface area contributed by atoms with E-state index < -0.39 is 0 Å². The van der Waals surface area contributed by atoms with Crippen LogP contribution in [0.15, 0.2) is 36.5 Å². The first-order valence-corrected chi connectivity index (χ1v) is 13.1. The molecule has 1 aromatic carbocycles. The molecule has 192 valence electrons. The van der Waals surface area contributed by atoms with Gasteiger partial charge in [-0.3, -0.25) is 4.79 Å². The molecule has 2 saturated heterocycles. The summed E-state index contributed by atoms with van der Waals surface area (Å²) in [6.45, 7) is 4.03. The van der Waals surface area contributed by atoms with Gasteiger partial charge in [0.05, 0.1) is 31.5 Å². The van der Waals surface area contributed by atoms with E-state index in [4.69, 9.17) is 20.2 Å². The van der Waals surface area contributed by atoms with Gasteiger partial charge in [0.25, 0.3) is 5.91 Å². The van der Waals surface area contributed by atoms with Crippen LogP contribution in [0.3, 0.4) is 0 Å². The lowest BCUT2D eigenvalue weighted by atomic mass is 9.81. The van der Waals surface area contributed by atoms with Crippen LogP contribution in [0.5, 0.6) is 5.75 Å². The van der Waals surface area contributed by atoms with E-state index in [0.717, 1.165) is 40.1 Å². The summed E-state index contributed by atoms with van der Waals surface area (Å²) >= 11 is 0. The third kappa shape index (κ3) is 3.48. The minimum atomic E-state index is -0.134. The van der Waals surface area contributed by atoms with Gasteiger partial charge in [-0.05, 0) is 49.1 Å². The summed E-state index contributed by atoms with van der Waals surface area (Å²) < 4.78 is 15.9. The van der Waals surface area contributed by atoms with Crippen molar-refractivity contribution in [1.82, 2.24) is 24.0 Å². The highest BCUT2D eigenvalue weighted by molar-refractivity contribution is 6.00. The molecule has 0 spiro atoms. The molecule has 0 radical (unpaired) electrons. The number of hydrogen-bond donors (Lipinski definition) is 1. The van der Waals surface area contributed by atoms with Crippen molar-refractivity contribution in [3.05, 3.63) is 42.1 Å². The van der Waals surface area contributed by atoms with Crippen LogP contribution in [0, 0.1) is 17.3 Å². The summed E-state index contributed by atoms with van der Waals surface area (Å²) in [5, 5.41) is 1.10. The first kappa shape index (κ1) is 22.7. The van der Waals surface area contributed by atoms with E-state index >= 15 is 0 Å². The number of pyridine rings is 1. The molecule has 1 aliphatic carbocycles. The molecule has 4 aromatic rings. The summed E-state index contributed by atoms with van der Waals surface area (Å²) in [6, 6.07) is 9.98. The molecule has 9 nitrogen and oxygen atoms in total. The van der Waals surface area contributed by atoms with E-state index in [-0.39, 0.29) is 17.2 Å². The van der Waals surface area contributed by atoms with Crippen molar-refractivity contribution in [3.8, 4) is 17.3 Å². The second-order valence-electron chi connectivity index (χ2n) is 11.0. The second-order valence-corrected chi connectivity index (χ2v) is 11.0. The molecule has 5 heterocycles. The molecule has 0 bridgehead atoms. The van der Waals surface area contributed by atoms with Crippen LogP contribution in [0.25, 0.3) is 33.6 Å². The quantitative estimate of drug-likeness (QED) is 0.437. The third-order valence-electron chi connectivity index (χ3n) is 8.64. The van der Waals surface area contributed by atoms with E-state index in [1.54, 1.807) is 7.11 Å². The lowest BCUT2D eigenvalue weighted by Crippen LogP contribution is -2.39. The second kappa shape index (κ2) is 8.29. The molecule has 3 fully saturated rings. The number of fused-ring (bicyclic) bond motifs is 3. The summed E-state index contributed by atoms with van der Waals surface area (Å²) in [5.74, 6) is 2.44. The number of ether oxygens (including phenoxy) is 2. The predicted molar refractivity (Wildman–Crippen MR) is 140 cm³/mol. The summed E-state index contributed by atoms with van der Waals surface area (Å²) in [6.07, 6.45) is 4.35. The van der Waals surface area contributed by atoms with Crippen LogP contribution in [0.4, 0.5) is 0 Å². The number of imidazole rings is 1. The number of rotatable bonds is 6. The zero-order valence-corrected chi connectivity index (χ0v) is 21.3. The van der Waals surface area contributed by atoms with Gasteiger partial charge in [-0.1, -0.05) is 0 Å². The molecular formula is C28H32N6O3. The maximum Gasteiger partial charge on any atom is 0.254 e. The molecule has 37 heavy (non-hydrogen) atoms. The fourth-order valence-corrected chi connectivity index (χ4v) is 6.29. The van der Waals surface area contributed by atoms with Gasteiger partial charge in [-0.15, -0.1) is 0 Å². The Morgan fingerprint density at radius 1 is 1.30 bits per heavy atom. The number of aromatic nitrogens is 4. The minimum absolute atomic E-state index is 0.0123. The normalized spacial score (nSPS) is 23.3. The summed E-state index contributed by atoms with van der Waals surface area (Å²) in [4.78, 5) is 25.3. The van der Waals surface area contributed by atoms with Crippen LogP contribution >= 0.6 is 0 Å². The average molecular weight is 501 g/mol. The van der Waals surface area contributed by atoms with Gasteiger partial charge >= 0.3 is 0 Å². The van der Waals surface area contributed by atoms with E-state index in [1.807, 2.05) is 36.3 Å². The Kier molecular flexibility index (Phi) is 5.10. The van der Waals surface area contributed by atoms with Crippen molar-refractivity contribution in [2.45, 2.75) is 19.4 Å². The SMILES string of the molecule is COc1cc(C(=O)N2C[C@H]3COC[C@@]3(CN)C2)cc2nc(-c3cc4cccnc4n3CC3CC3)n(C)c12. The Morgan fingerprint density at radius 2 is 2.16 bits per heavy atom. The largest absolute Gasteiger partial charge is 0.494 e. The van der Waals surface area contributed by atoms with E-state index in [0.29, 0.717) is 50.1 Å². The average Bonchev–Trinajstić information content (AvgIpc) is 3.21. The Hall–Kier alpha value is -3.43. The molecule has 1 saturated carbocycles. The highest BCUT2D eigenvalue weighted by Crippen LogP contribution is 2.42. The van der Waals surface area contributed by atoms with E-state index in [1.165, 1.54) is 12.8 Å². The molecule has 9 heteroatoms. The number of nitrogens with two attached hydrogens (primary N) is 1. The van der Waals surface area contributed by atoms with Crippen molar-refractivity contribution in [3.63, 3.8) is 0 Å². The maximum atomic E-state index is 13.7.